The predicted octanol–water partition coefficient (Wildman–Crippen LogP) is 0.186. The van der Waals surface area contributed by atoms with Gasteiger partial charge in [0.25, 0.3) is 0 Å². The van der Waals surface area contributed by atoms with Gasteiger partial charge in [-0.2, -0.15) is 0 Å². The molecule has 0 aliphatic heterocycles. The van der Waals surface area contributed by atoms with Crippen LogP contribution in [0.15, 0.2) is 25.8 Å². The predicted molar refractivity (Wildman–Crippen MR) is 45.7 cm³/mol. The summed E-state index contributed by atoms with van der Waals surface area (Å²) in [5.41, 5.74) is 0. The summed E-state index contributed by atoms with van der Waals surface area (Å²) in [6, 6.07) is 0. The van der Waals surface area contributed by atoms with Crippen molar-refractivity contribution < 1.29 is 13.6 Å². The number of nitrogens with zero attached hydrogens (tertiary/aromatic N) is 3. The zero-order valence-electron chi connectivity index (χ0n) is 7.63. The fraction of sp³-hybridized carbons (Fsp3) is 0.143. The third kappa shape index (κ3) is 2.30. The lowest BCUT2D eigenvalue weighted by atomic mass is 10.5. The number of aromatic nitrogens is 4. The minimum atomic E-state index is -0.633. The molecule has 0 saturated carbocycles. The lowest BCUT2D eigenvalue weighted by molar-refractivity contribution is 0.302. The van der Waals surface area contributed by atoms with Crippen molar-refractivity contribution in [3.8, 4) is 6.08 Å². The van der Waals surface area contributed by atoms with E-state index in [-0.39, 0.29) is 12.0 Å². The molecule has 2 aromatic heterocycles. The Morgan fingerprint density at radius 3 is 3.13 bits per heavy atom. The molecule has 78 valence electrons. The van der Waals surface area contributed by atoms with Gasteiger partial charge >= 0.3 is 11.8 Å². The molecule has 0 fully saturated rings. The molecule has 2 aromatic rings. The maximum absolute atomic E-state index is 10.6. The molecular formula is C7H6N4O4. The van der Waals surface area contributed by atoms with Crippen LogP contribution in [0.3, 0.4) is 0 Å². The van der Waals surface area contributed by atoms with Crippen LogP contribution < -0.4 is 10.5 Å². The number of H-pyrrole nitrogens is 1. The minimum Gasteiger partial charge on any atom is -0.414 e. The van der Waals surface area contributed by atoms with Crippen LogP contribution >= 0.6 is 0 Å². The molecule has 0 atom stereocenters. The van der Waals surface area contributed by atoms with Gasteiger partial charge in [0.2, 0.25) is 12.3 Å². The summed E-state index contributed by atoms with van der Waals surface area (Å²) in [5.74, 6) is -0.127. The molecule has 1 N–H and O–H groups in total. The van der Waals surface area contributed by atoms with E-state index in [9.17, 15) is 4.79 Å². The van der Waals surface area contributed by atoms with Crippen LogP contribution in [0, 0.1) is 0 Å². The Morgan fingerprint density at radius 2 is 2.53 bits per heavy atom. The van der Waals surface area contributed by atoms with Crippen LogP contribution in [-0.2, 0) is 0 Å². The number of nitrogens with one attached hydrogen (secondary N) is 1. The Bertz CT molecular complexity index is 509. The largest absolute Gasteiger partial charge is 0.434 e. The van der Waals surface area contributed by atoms with Crippen LogP contribution in [-0.4, -0.2) is 20.4 Å². The van der Waals surface area contributed by atoms with Gasteiger partial charge in [-0.1, -0.05) is 5.10 Å². The summed E-state index contributed by atoms with van der Waals surface area (Å²) < 4.78 is 14.4. The fourth-order valence-corrected chi connectivity index (χ4v) is 0.852. The highest BCUT2D eigenvalue weighted by molar-refractivity contribution is 5.39. The van der Waals surface area contributed by atoms with E-state index in [0.29, 0.717) is 5.76 Å². The molecule has 0 saturated heterocycles. The second-order valence-electron chi connectivity index (χ2n) is 2.51. The Balaban J connectivity index is 2.11. The van der Waals surface area contributed by atoms with E-state index in [0.717, 1.165) is 6.39 Å². The SMILES string of the molecule is C/C(=C/c1n[nH]c(=O)o1)Oc1nnco1. The first-order valence-electron chi connectivity index (χ1n) is 3.92. The molecule has 0 radical (unpaired) electrons. The van der Waals surface area contributed by atoms with E-state index < -0.39 is 5.76 Å². The van der Waals surface area contributed by atoms with E-state index in [1.165, 1.54) is 6.08 Å². The fourth-order valence-electron chi connectivity index (χ4n) is 0.852. The quantitative estimate of drug-likeness (QED) is 0.720. The highest BCUT2D eigenvalue weighted by Gasteiger charge is 2.03. The summed E-state index contributed by atoms with van der Waals surface area (Å²) in [6.45, 7) is 1.62. The average Bonchev–Trinajstić information content (AvgIpc) is 2.77. The second-order valence-corrected chi connectivity index (χ2v) is 2.51. The highest BCUT2D eigenvalue weighted by Crippen LogP contribution is 2.09. The normalized spacial score (nSPS) is 11.7. The van der Waals surface area contributed by atoms with Crippen molar-refractivity contribution >= 4 is 6.08 Å². The number of aromatic amines is 1. The zero-order chi connectivity index (χ0) is 10.7. The third-order valence-corrected chi connectivity index (χ3v) is 1.37. The van der Waals surface area contributed by atoms with E-state index in [1.54, 1.807) is 6.92 Å². The summed E-state index contributed by atoms with van der Waals surface area (Å²) in [6.07, 6.45) is 2.54. The molecule has 15 heavy (non-hydrogen) atoms. The van der Waals surface area contributed by atoms with Crippen molar-refractivity contribution in [2.75, 3.05) is 0 Å². The number of hydrogen-bond donors (Lipinski definition) is 1. The van der Waals surface area contributed by atoms with Gasteiger partial charge in [0.05, 0.1) is 0 Å². The molecule has 0 aliphatic carbocycles. The topological polar surface area (TPSA) is 107 Å². The molecule has 8 heteroatoms. The lowest BCUT2D eigenvalue weighted by Crippen LogP contribution is -1.93. The third-order valence-electron chi connectivity index (χ3n) is 1.37. The minimum absolute atomic E-state index is 0.00151. The van der Waals surface area contributed by atoms with Crippen LogP contribution in [0.25, 0.3) is 6.08 Å². The van der Waals surface area contributed by atoms with Gasteiger partial charge in [-0.25, -0.2) is 9.89 Å². The molecule has 2 heterocycles. The lowest BCUT2D eigenvalue weighted by Gasteiger charge is -1.96. The van der Waals surface area contributed by atoms with Gasteiger partial charge in [-0.05, 0) is 6.92 Å². The first kappa shape index (κ1) is 9.19. The Kier molecular flexibility index (Phi) is 2.31. The summed E-state index contributed by atoms with van der Waals surface area (Å²) in [4.78, 5) is 10.6. The molecule has 0 bridgehead atoms. The number of allylic oxidation sites excluding steroid dienone is 1. The van der Waals surface area contributed by atoms with Crippen LogP contribution in [0.4, 0.5) is 0 Å². The molecule has 0 aromatic carbocycles. The van der Waals surface area contributed by atoms with Crippen molar-refractivity contribution in [2.24, 2.45) is 0 Å². The molecule has 8 nitrogen and oxygen atoms in total. The van der Waals surface area contributed by atoms with Crippen molar-refractivity contribution in [3.05, 3.63) is 28.6 Å². The summed E-state index contributed by atoms with van der Waals surface area (Å²) in [5, 5.41) is 12.6. The zero-order valence-corrected chi connectivity index (χ0v) is 7.63. The number of rotatable bonds is 3. The van der Waals surface area contributed by atoms with Crippen LogP contribution in [0.5, 0.6) is 6.08 Å². The highest BCUT2D eigenvalue weighted by atomic mass is 16.6. The number of hydrogen-bond acceptors (Lipinski definition) is 7. The van der Waals surface area contributed by atoms with E-state index >= 15 is 0 Å². The molecule has 0 unspecified atom stereocenters. The van der Waals surface area contributed by atoms with E-state index in [4.69, 9.17) is 9.15 Å². The van der Waals surface area contributed by atoms with E-state index in [1.807, 2.05) is 0 Å². The maximum atomic E-state index is 10.6. The van der Waals surface area contributed by atoms with Gasteiger partial charge < -0.3 is 13.6 Å². The van der Waals surface area contributed by atoms with Gasteiger partial charge in [0.15, 0.2) is 0 Å². The van der Waals surface area contributed by atoms with Crippen molar-refractivity contribution in [2.45, 2.75) is 6.92 Å². The summed E-state index contributed by atoms with van der Waals surface area (Å²) in [7, 11) is 0. The van der Waals surface area contributed by atoms with Crippen molar-refractivity contribution in [1.82, 2.24) is 20.4 Å². The Labute approximate surface area is 82.6 Å². The first-order valence-corrected chi connectivity index (χ1v) is 3.92. The standard InChI is InChI=1S/C7H6N4O4/c1-4(14-7-11-8-3-13-7)2-5-9-10-6(12)15-5/h2-3H,1H3,(H,10,12)/b4-2-. The van der Waals surface area contributed by atoms with Gasteiger partial charge in [0.1, 0.15) is 5.76 Å². The van der Waals surface area contributed by atoms with Gasteiger partial charge in [-0.15, -0.1) is 10.2 Å². The average molecular weight is 210 g/mol. The molecule has 0 amide bonds. The van der Waals surface area contributed by atoms with Gasteiger partial charge in [0, 0.05) is 6.08 Å². The van der Waals surface area contributed by atoms with E-state index in [2.05, 4.69) is 24.8 Å². The second kappa shape index (κ2) is 3.78. The van der Waals surface area contributed by atoms with Crippen LogP contribution in [0.2, 0.25) is 0 Å². The van der Waals surface area contributed by atoms with Crippen molar-refractivity contribution in [1.29, 1.82) is 0 Å². The summed E-state index contributed by atoms with van der Waals surface area (Å²) >= 11 is 0. The maximum Gasteiger partial charge on any atom is 0.434 e. The smallest absolute Gasteiger partial charge is 0.414 e. The first-order chi connectivity index (χ1) is 7.24. The molecule has 0 spiro atoms. The van der Waals surface area contributed by atoms with Crippen LogP contribution in [0.1, 0.15) is 12.8 Å². The Morgan fingerprint density at radius 1 is 1.67 bits per heavy atom. The molecule has 0 aliphatic rings. The van der Waals surface area contributed by atoms with Crippen molar-refractivity contribution in [3.63, 3.8) is 0 Å². The van der Waals surface area contributed by atoms with Gasteiger partial charge in [-0.3, -0.25) is 0 Å². The Hall–Kier alpha value is -2.38. The molecule has 2 rings (SSSR count). The number of ether oxygens (including phenoxy) is 1. The monoisotopic (exact) mass is 210 g/mol. The molecular weight excluding hydrogens is 204 g/mol.